The van der Waals surface area contributed by atoms with E-state index in [0.717, 1.165) is 5.57 Å². The monoisotopic (exact) mass is 252 g/mol. The molecule has 1 rings (SSSR count). The Bertz CT molecular complexity index is 391. The molecule has 18 heavy (non-hydrogen) atoms. The largest absolute Gasteiger partial charge is 0.290 e. The van der Waals surface area contributed by atoms with Crippen molar-refractivity contribution in [2.24, 2.45) is 5.41 Å². The zero-order valence-corrected chi connectivity index (χ0v) is 12.5. The Morgan fingerprint density at radius 3 is 2.11 bits per heavy atom. The van der Waals surface area contributed by atoms with Crippen molar-refractivity contribution >= 4 is 5.78 Å². The molecule has 0 aliphatic heterocycles. The van der Waals surface area contributed by atoms with Gasteiger partial charge in [0.15, 0.2) is 5.78 Å². The van der Waals surface area contributed by atoms with E-state index in [0.29, 0.717) is 0 Å². The van der Waals surface area contributed by atoms with Gasteiger partial charge in [-0.2, -0.15) is 0 Å². The van der Waals surface area contributed by atoms with Crippen LogP contribution in [0.25, 0.3) is 0 Å². The Morgan fingerprint density at radius 2 is 1.67 bits per heavy atom. The van der Waals surface area contributed by atoms with Gasteiger partial charge in [-0.3, -0.25) is 4.79 Å². The van der Waals surface area contributed by atoms with Gasteiger partial charge in [-0.05, 0) is 51.3 Å². The van der Waals surface area contributed by atoms with E-state index in [9.17, 15) is 4.79 Å². The molecule has 1 aliphatic carbocycles. The molecule has 0 radical (unpaired) electrons. The second-order valence-electron chi connectivity index (χ2n) is 6.97. The predicted molar refractivity (Wildman–Crippen MR) is 72.0 cm³/mol. The zero-order chi connectivity index (χ0) is 14.2. The maximum atomic E-state index is 11.9. The van der Waals surface area contributed by atoms with E-state index in [1.165, 1.54) is 0 Å². The van der Waals surface area contributed by atoms with Gasteiger partial charge in [-0.15, -0.1) is 0 Å². The molecule has 0 heterocycles. The summed E-state index contributed by atoms with van der Waals surface area (Å²) in [6.45, 7) is 13.7. The van der Waals surface area contributed by atoms with Crippen molar-refractivity contribution in [1.82, 2.24) is 0 Å². The van der Waals surface area contributed by atoms with Crippen molar-refractivity contribution in [3.05, 3.63) is 23.8 Å². The standard InChI is InChI=1S/C15H24O3/c1-13(2,3)11-10-15(7,9-8-12(11)16)18-17-14(4,5)6/h8-10H,1-7H3. The number of hydrogen-bond donors (Lipinski definition) is 0. The lowest BCUT2D eigenvalue weighted by Crippen LogP contribution is -2.34. The molecule has 0 aromatic heterocycles. The van der Waals surface area contributed by atoms with E-state index in [-0.39, 0.29) is 16.8 Å². The van der Waals surface area contributed by atoms with Crippen molar-refractivity contribution in [3.8, 4) is 0 Å². The van der Waals surface area contributed by atoms with Crippen LogP contribution in [-0.4, -0.2) is 17.0 Å². The number of ketones is 1. The summed E-state index contributed by atoms with van der Waals surface area (Å²) in [6.07, 6.45) is 5.14. The SMILES string of the molecule is CC(C)(C)OOC1(C)C=CC(=O)C(C(C)(C)C)=C1. The van der Waals surface area contributed by atoms with Gasteiger partial charge in [0.1, 0.15) is 5.60 Å². The van der Waals surface area contributed by atoms with Crippen LogP contribution < -0.4 is 0 Å². The lowest BCUT2D eigenvalue weighted by Gasteiger charge is -2.32. The summed E-state index contributed by atoms with van der Waals surface area (Å²) < 4.78 is 0. The molecule has 3 nitrogen and oxygen atoms in total. The summed E-state index contributed by atoms with van der Waals surface area (Å²) in [7, 11) is 0. The van der Waals surface area contributed by atoms with Gasteiger partial charge >= 0.3 is 0 Å². The minimum atomic E-state index is -0.691. The van der Waals surface area contributed by atoms with Gasteiger partial charge < -0.3 is 0 Å². The number of carbonyl (C=O) groups is 1. The average Bonchev–Trinajstić information content (AvgIpc) is 2.17. The zero-order valence-electron chi connectivity index (χ0n) is 12.5. The molecule has 0 fully saturated rings. The Morgan fingerprint density at radius 1 is 1.11 bits per heavy atom. The summed E-state index contributed by atoms with van der Waals surface area (Å²) in [5.41, 5.74) is -0.517. The molecular weight excluding hydrogens is 228 g/mol. The number of hydrogen-bond acceptors (Lipinski definition) is 3. The summed E-state index contributed by atoms with van der Waals surface area (Å²) in [6, 6.07) is 0. The second-order valence-corrected chi connectivity index (χ2v) is 6.97. The van der Waals surface area contributed by atoms with Gasteiger partial charge in [-0.25, -0.2) is 9.78 Å². The second kappa shape index (κ2) is 4.63. The normalized spacial score (nSPS) is 25.3. The van der Waals surface area contributed by atoms with Crippen molar-refractivity contribution in [2.75, 3.05) is 0 Å². The van der Waals surface area contributed by atoms with E-state index in [1.54, 1.807) is 12.2 Å². The fraction of sp³-hybridized carbons (Fsp3) is 0.667. The van der Waals surface area contributed by atoms with Gasteiger partial charge in [0, 0.05) is 5.57 Å². The van der Waals surface area contributed by atoms with Crippen molar-refractivity contribution in [1.29, 1.82) is 0 Å². The topological polar surface area (TPSA) is 35.5 Å². The molecule has 0 aromatic rings. The predicted octanol–water partition coefficient (Wildman–Crippen LogP) is 3.60. The highest BCUT2D eigenvalue weighted by Gasteiger charge is 2.33. The third-order valence-electron chi connectivity index (χ3n) is 2.54. The van der Waals surface area contributed by atoms with Gasteiger partial charge in [0.2, 0.25) is 0 Å². The van der Waals surface area contributed by atoms with Crippen LogP contribution in [0, 0.1) is 5.41 Å². The number of allylic oxidation sites excluding steroid dienone is 2. The molecule has 1 atom stereocenters. The molecule has 3 heteroatoms. The van der Waals surface area contributed by atoms with Crippen LogP contribution in [0.15, 0.2) is 23.8 Å². The molecule has 0 saturated carbocycles. The molecule has 0 spiro atoms. The lowest BCUT2D eigenvalue weighted by molar-refractivity contribution is -0.380. The number of rotatable bonds is 2. The number of carbonyl (C=O) groups excluding carboxylic acids is 1. The molecular formula is C15H24O3. The first-order valence-electron chi connectivity index (χ1n) is 6.27. The fourth-order valence-corrected chi connectivity index (χ4v) is 1.59. The van der Waals surface area contributed by atoms with Crippen LogP contribution in [-0.2, 0) is 14.6 Å². The van der Waals surface area contributed by atoms with Crippen LogP contribution in [0.5, 0.6) is 0 Å². The quantitative estimate of drug-likeness (QED) is 0.556. The first-order chi connectivity index (χ1) is 7.93. The van der Waals surface area contributed by atoms with E-state index < -0.39 is 5.60 Å². The van der Waals surface area contributed by atoms with E-state index in [1.807, 2.05) is 54.5 Å². The van der Waals surface area contributed by atoms with Crippen molar-refractivity contribution in [2.45, 2.75) is 59.7 Å². The minimum absolute atomic E-state index is 0.0410. The van der Waals surface area contributed by atoms with Gasteiger partial charge in [0.05, 0.1) is 5.60 Å². The van der Waals surface area contributed by atoms with E-state index in [4.69, 9.17) is 9.78 Å². The molecule has 0 amide bonds. The van der Waals surface area contributed by atoms with Crippen LogP contribution in [0.2, 0.25) is 0 Å². The average molecular weight is 252 g/mol. The summed E-state index contributed by atoms with van der Waals surface area (Å²) in [5, 5.41) is 0. The first kappa shape index (κ1) is 15.1. The molecule has 102 valence electrons. The van der Waals surface area contributed by atoms with Gasteiger partial charge in [0.25, 0.3) is 0 Å². The molecule has 1 aliphatic rings. The maximum Gasteiger partial charge on any atom is 0.181 e. The summed E-state index contributed by atoms with van der Waals surface area (Å²) in [4.78, 5) is 22.7. The molecule has 0 N–H and O–H groups in total. The fourth-order valence-electron chi connectivity index (χ4n) is 1.59. The lowest BCUT2D eigenvalue weighted by atomic mass is 9.78. The van der Waals surface area contributed by atoms with Crippen molar-refractivity contribution in [3.63, 3.8) is 0 Å². The Labute approximate surface area is 110 Å². The Kier molecular flexibility index (Phi) is 3.89. The summed E-state index contributed by atoms with van der Waals surface area (Å²) >= 11 is 0. The van der Waals surface area contributed by atoms with E-state index >= 15 is 0 Å². The smallest absolute Gasteiger partial charge is 0.181 e. The Balaban J connectivity index is 2.93. The third-order valence-corrected chi connectivity index (χ3v) is 2.54. The van der Waals surface area contributed by atoms with Gasteiger partial charge in [-0.1, -0.05) is 20.8 Å². The van der Waals surface area contributed by atoms with Crippen LogP contribution in [0.1, 0.15) is 48.5 Å². The summed E-state index contributed by atoms with van der Waals surface area (Å²) in [5.74, 6) is 0.0410. The first-order valence-corrected chi connectivity index (χ1v) is 6.27. The third kappa shape index (κ3) is 4.07. The highest BCUT2D eigenvalue weighted by Crippen LogP contribution is 2.33. The van der Waals surface area contributed by atoms with Crippen molar-refractivity contribution < 1.29 is 14.6 Å². The highest BCUT2D eigenvalue weighted by atomic mass is 17.2. The maximum absolute atomic E-state index is 11.9. The molecule has 1 unspecified atom stereocenters. The van der Waals surface area contributed by atoms with Crippen LogP contribution in [0.3, 0.4) is 0 Å². The molecule has 0 bridgehead atoms. The molecule has 0 aromatic carbocycles. The van der Waals surface area contributed by atoms with E-state index in [2.05, 4.69) is 0 Å². The molecule has 0 saturated heterocycles. The van der Waals surface area contributed by atoms with Crippen LogP contribution >= 0.6 is 0 Å². The Hall–Kier alpha value is -0.930. The minimum Gasteiger partial charge on any atom is -0.290 e. The van der Waals surface area contributed by atoms with Crippen LogP contribution in [0.4, 0.5) is 0 Å². The highest BCUT2D eigenvalue weighted by molar-refractivity contribution is 6.06.